The summed E-state index contributed by atoms with van der Waals surface area (Å²) in [5.74, 6) is 0.604. The van der Waals surface area contributed by atoms with Crippen LogP contribution < -0.4 is 0 Å². The summed E-state index contributed by atoms with van der Waals surface area (Å²) in [6.45, 7) is 11.8. The van der Waals surface area contributed by atoms with Crippen LogP contribution in [-0.2, 0) is 9.22 Å². The highest BCUT2D eigenvalue weighted by molar-refractivity contribution is 6.74. The molecule has 0 aromatic carbocycles. The van der Waals surface area contributed by atoms with E-state index in [1.54, 1.807) is 0 Å². The van der Waals surface area contributed by atoms with Gasteiger partial charge in [-0.1, -0.05) is 20.8 Å². The normalized spacial score (nSPS) is 23.5. The number of hydrogen-bond donors (Lipinski definition) is 0. The average molecular weight is 228 g/mol. The first-order valence-electron chi connectivity index (χ1n) is 5.91. The minimum absolute atomic E-state index is 0.194. The monoisotopic (exact) mass is 228 g/mol. The van der Waals surface area contributed by atoms with E-state index in [9.17, 15) is 4.79 Å². The Balaban J connectivity index is 2.46. The van der Waals surface area contributed by atoms with Crippen molar-refractivity contribution in [3.63, 3.8) is 0 Å². The van der Waals surface area contributed by atoms with Gasteiger partial charge in [-0.05, 0) is 31.0 Å². The van der Waals surface area contributed by atoms with Crippen molar-refractivity contribution in [2.45, 2.75) is 58.2 Å². The van der Waals surface area contributed by atoms with Crippen LogP contribution in [0.3, 0.4) is 0 Å². The zero-order valence-electron chi connectivity index (χ0n) is 10.7. The maximum atomic E-state index is 11.5. The molecule has 0 aromatic heterocycles. The molecule has 0 aliphatic heterocycles. The lowest BCUT2D eigenvalue weighted by atomic mass is 10.1. The quantitative estimate of drug-likeness (QED) is 0.692. The molecule has 0 spiro atoms. The van der Waals surface area contributed by atoms with Crippen LogP contribution in [0.1, 0.15) is 40.0 Å². The lowest BCUT2D eigenvalue weighted by Crippen LogP contribution is -2.42. The zero-order valence-corrected chi connectivity index (χ0v) is 11.7. The number of hydrogen-bond acceptors (Lipinski definition) is 2. The summed E-state index contributed by atoms with van der Waals surface area (Å²) in [6.07, 6.45) is 2.86. The number of rotatable bonds is 3. The van der Waals surface area contributed by atoms with Gasteiger partial charge in [0, 0.05) is 18.9 Å². The van der Waals surface area contributed by atoms with Crippen LogP contribution in [0.15, 0.2) is 0 Å². The van der Waals surface area contributed by atoms with Gasteiger partial charge in [0.25, 0.3) is 0 Å². The molecule has 0 radical (unpaired) electrons. The fourth-order valence-corrected chi connectivity index (χ4v) is 2.64. The van der Waals surface area contributed by atoms with Gasteiger partial charge in [0.05, 0.1) is 0 Å². The lowest BCUT2D eigenvalue weighted by Gasteiger charge is -2.36. The first-order chi connectivity index (χ1) is 6.74. The van der Waals surface area contributed by atoms with Crippen molar-refractivity contribution in [2.75, 3.05) is 6.61 Å². The second kappa shape index (κ2) is 4.38. The van der Waals surface area contributed by atoms with Crippen LogP contribution in [0, 0.1) is 5.92 Å². The smallest absolute Gasteiger partial charge is 0.192 e. The molecule has 0 saturated heterocycles. The zero-order chi connectivity index (χ0) is 11.7. The predicted molar refractivity (Wildman–Crippen MR) is 65.5 cm³/mol. The Morgan fingerprint density at radius 3 is 2.40 bits per heavy atom. The Morgan fingerprint density at radius 2 is 2.00 bits per heavy atom. The first kappa shape index (κ1) is 12.9. The second-order valence-corrected chi connectivity index (χ2v) is 10.9. The van der Waals surface area contributed by atoms with E-state index >= 15 is 0 Å². The largest absolute Gasteiger partial charge is 0.416 e. The number of carbonyl (C=O) groups excluding carboxylic acids is 1. The standard InChI is InChI=1S/C12H24O2Si/c1-12(2,3)15(4,5)14-9-10-7-6-8-11(10)13/h10H,6-9H2,1-5H3. The molecule has 88 valence electrons. The van der Waals surface area contributed by atoms with E-state index in [2.05, 4.69) is 33.9 Å². The molecule has 1 saturated carbocycles. The van der Waals surface area contributed by atoms with Crippen LogP contribution in [0.5, 0.6) is 0 Å². The Hall–Kier alpha value is -0.153. The molecule has 1 aliphatic rings. The van der Waals surface area contributed by atoms with Gasteiger partial charge in [-0.25, -0.2) is 0 Å². The lowest BCUT2D eigenvalue weighted by molar-refractivity contribution is -0.121. The number of Topliss-reactive ketones (excluding diaryl/α,β-unsaturated/α-hetero) is 1. The van der Waals surface area contributed by atoms with E-state index in [0.717, 1.165) is 19.3 Å². The summed E-state index contributed by atoms with van der Waals surface area (Å²) in [5.41, 5.74) is 0. The third-order valence-corrected chi connectivity index (χ3v) is 8.38. The number of ketones is 1. The SMILES string of the molecule is CC(C)(C)[Si](C)(C)OCC1CCCC1=O. The topological polar surface area (TPSA) is 26.3 Å². The summed E-state index contributed by atoms with van der Waals surface area (Å²) < 4.78 is 6.07. The fourth-order valence-electron chi connectivity index (χ4n) is 1.59. The molecule has 3 heteroatoms. The molecule has 1 fully saturated rings. The summed E-state index contributed by atoms with van der Waals surface area (Å²) in [4.78, 5) is 11.5. The maximum absolute atomic E-state index is 11.5. The second-order valence-electron chi connectivity index (χ2n) is 6.13. The van der Waals surface area contributed by atoms with Crippen LogP contribution >= 0.6 is 0 Å². The fraction of sp³-hybridized carbons (Fsp3) is 0.917. The van der Waals surface area contributed by atoms with Crippen LogP contribution in [-0.4, -0.2) is 20.7 Å². The summed E-state index contributed by atoms with van der Waals surface area (Å²) >= 11 is 0. The van der Waals surface area contributed by atoms with Crippen LogP contribution in [0.2, 0.25) is 18.1 Å². The summed E-state index contributed by atoms with van der Waals surface area (Å²) in [5, 5.41) is 0.245. The highest BCUT2D eigenvalue weighted by Crippen LogP contribution is 2.37. The van der Waals surface area contributed by atoms with Crippen molar-refractivity contribution in [3.8, 4) is 0 Å². The van der Waals surface area contributed by atoms with Crippen molar-refractivity contribution in [2.24, 2.45) is 5.92 Å². The van der Waals surface area contributed by atoms with E-state index in [-0.39, 0.29) is 11.0 Å². The van der Waals surface area contributed by atoms with Crippen molar-refractivity contribution in [3.05, 3.63) is 0 Å². The maximum Gasteiger partial charge on any atom is 0.192 e. The molecule has 1 aliphatic carbocycles. The molecule has 0 heterocycles. The third-order valence-electron chi connectivity index (χ3n) is 3.88. The Labute approximate surface area is 94.5 Å². The van der Waals surface area contributed by atoms with Crippen molar-refractivity contribution < 1.29 is 9.22 Å². The van der Waals surface area contributed by atoms with E-state index in [4.69, 9.17) is 4.43 Å². The molecule has 1 atom stereocenters. The van der Waals surface area contributed by atoms with Crippen LogP contribution in [0.25, 0.3) is 0 Å². The minimum atomic E-state index is -1.65. The molecule has 2 nitrogen and oxygen atoms in total. The molecular formula is C12H24O2Si. The molecule has 1 unspecified atom stereocenters. The van der Waals surface area contributed by atoms with E-state index < -0.39 is 8.32 Å². The summed E-state index contributed by atoms with van der Waals surface area (Å²) in [7, 11) is -1.65. The van der Waals surface area contributed by atoms with Crippen LogP contribution in [0.4, 0.5) is 0 Å². The molecule has 0 bridgehead atoms. The van der Waals surface area contributed by atoms with Gasteiger partial charge in [-0.3, -0.25) is 4.79 Å². The molecule has 1 rings (SSSR count). The molecule has 15 heavy (non-hydrogen) atoms. The molecule has 0 N–H and O–H groups in total. The molecule has 0 amide bonds. The van der Waals surface area contributed by atoms with Crippen molar-refractivity contribution in [1.82, 2.24) is 0 Å². The van der Waals surface area contributed by atoms with E-state index in [1.165, 1.54) is 0 Å². The van der Waals surface area contributed by atoms with Crippen molar-refractivity contribution >= 4 is 14.1 Å². The molecule has 0 aromatic rings. The first-order valence-corrected chi connectivity index (χ1v) is 8.81. The van der Waals surface area contributed by atoms with E-state index in [1.807, 2.05) is 0 Å². The van der Waals surface area contributed by atoms with Crippen molar-refractivity contribution in [1.29, 1.82) is 0 Å². The van der Waals surface area contributed by atoms with E-state index in [0.29, 0.717) is 12.4 Å². The highest BCUT2D eigenvalue weighted by atomic mass is 28.4. The average Bonchev–Trinajstić information content (AvgIpc) is 2.46. The molecular weight excluding hydrogens is 204 g/mol. The van der Waals surface area contributed by atoms with Gasteiger partial charge in [-0.15, -0.1) is 0 Å². The third kappa shape index (κ3) is 3.15. The van der Waals surface area contributed by atoms with Gasteiger partial charge in [-0.2, -0.15) is 0 Å². The Bertz CT molecular complexity index is 240. The predicted octanol–water partition coefficient (Wildman–Crippen LogP) is 3.38. The summed E-state index contributed by atoms with van der Waals surface area (Å²) in [6, 6.07) is 0. The van der Waals surface area contributed by atoms with Gasteiger partial charge >= 0.3 is 0 Å². The Kier molecular flexibility index (Phi) is 3.77. The van der Waals surface area contributed by atoms with Gasteiger partial charge in [0.1, 0.15) is 5.78 Å². The highest BCUT2D eigenvalue weighted by Gasteiger charge is 2.38. The number of carbonyl (C=O) groups is 1. The minimum Gasteiger partial charge on any atom is -0.416 e. The Morgan fingerprint density at radius 1 is 1.40 bits per heavy atom. The van der Waals surface area contributed by atoms with Gasteiger partial charge < -0.3 is 4.43 Å². The van der Waals surface area contributed by atoms with Gasteiger partial charge in [0.15, 0.2) is 8.32 Å². The van der Waals surface area contributed by atoms with Gasteiger partial charge in [0.2, 0.25) is 0 Å².